The smallest absolute Gasteiger partial charge is 0.261 e. The molecule has 16 heavy (non-hydrogen) atoms. The molecule has 0 unspecified atom stereocenters. The van der Waals surface area contributed by atoms with E-state index in [0.29, 0.717) is 17.4 Å². The molecule has 0 saturated carbocycles. The van der Waals surface area contributed by atoms with Crippen molar-refractivity contribution in [2.24, 2.45) is 0 Å². The third-order valence-electron chi connectivity index (χ3n) is 2.25. The average Bonchev–Trinajstić information content (AvgIpc) is 2.28. The Bertz CT molecular complexity index is 627. The van der Waals surface area contributed by atoms with E-state index < -0.39 is 5.82 Å². The molecule has 1 aromatic carbocycles. The molecule has 0 aliphatic carbocycles. The van der Waals surface area contributed by atoms with Crippen LogP contribution in [0.3, 0.4) is 0 Å². The van der Waals surface area contributed by atoms with Crippen LogP contribution in [-0.2, 0) is 6.54 Å². The second kappa shape index (κ2) is 4.11. The van der Waals surface area contributed by atoms with Gasteiger partial charge in [0.25, 0.3) is 5.56 Å². The minimum atomic E-state index is -0.422. The van der Waals surface area contributed by atoms with E-state index >= 15 is 0 Å². The Morgan fingerprint density at radius 2 is 2.31 bits per heavy atom. The van der Waals surface area contributed by atoms with Crippen molar-refractivity contribution < 1.29 is 4.39 Å². The van der Waals surface area contributed by atoms with Gasteiger partial charge >= 0.3 is 0 Å². The molecule has 5 heteroatoms. The number of nitrogens with zero attached hydrogens (tertiary/aromatic N) is 3. The summed E-state index contributed by atoms with van der Waals surface area (Å²) in [5.41, 5.74) is 0.0819. The van der Waals surface area contributed by atoms with Gasteiger partial charge in [0.1, 0.15) is 5.82 Å². The van der Waals surface area contributed by atoms with Crippen LogP contribution in [0.15, 0.2) is 29.3 Å². The van der Waals surface area contributed by atoms with Crippen LogP contribution >= 0.6 is 0 Å². The normalized spacial score (nSPS) is 10.2. The highest BCUT2D eigenvalue weighted by Crippen LogP contribution is 2.08. The summed E-state index contributed by atoms with van der Waals surface area (Å²) in [5.74, 6) is -0.422. The van der Waals surface area contributed by atoms with Crippen LogP contribution in [0.25, 0.3) is 10.9 Å². The second-order valence-electron chi connectivity index (χ2n) is 3.31. The average molecular weight is 217 g/mol. The van der Waals surface area contributed by atoms with Crippen LogP contribution in [0.1, 0.15) is 6.42 Å². The molecule has 2 rings (SSSR count). The zero-order valence-corrected chi connectivity index (χ0v) is 8.35. The fraction of sp³-hybridized carbons (Fsp3) is 0.182. The predicted octanol–water partition coefficient (Wildman–Crippen LogP) is 1.45. The van der Waals surface area contributed by atoms with Crippen molar-refractivity contribution in [2.45, 2.75) is 13.0 Å². The molecule has 2 aromatic rings. The number of nitriles is 1. The van der Waals surface area contributed by atoms with E-state index in [1.54, 1.807) is 0 Å². The van der Waals surface area contributed by atoms with Crippen molar-refractivity contribution in [1.82, 2.24) is 9.55 Å². The molecule has 1 aromatic heterocycles. The van der Waals surface area contributed by atoms with E-state index in [2.05, 4.69) is 4.98 Å². The van der Waals surface area contributed by atoms with Crippen LogP contribution in [-0.4, -0.2) is 9.55 Å². The number of hydrogen-bond donors (Lipinski definition) is 0. The molecule has 0 spiro atoms. The number of hydrogen-bond acceptors (Lipinski definition) is 3. The SMILES string of the molecule is N#CCCn1cnc2cc(F)ccc2c1=O. The van der Waals surface area contributed by atoms with E-state index in [-0.39, 0.29) is 12.0 Å². The lowest BCUT2D eigenvalue weighted by molar-refractivity contribution is 0.628. The summed E-state index contributed by atoms with van der Waals surface area (Å²) in [6, 6.07) is 5.79. The first-order chi connectivity index (χ1) is 7.72. The largest absolute Gasteiger partial charge is 0.298 e. The van der Waals surface area contributed by atoms with Crippen LogP contribution in [0, 0.1) is 17.1 Å². The summed E-state index contributed by atoms with van der Waals surface area (Å²) in [5, 5.41) is 8.80. The fourth-order valence-electron chi connectivity index (χ4n) is 1.46. The number of fused-ring (bicyclic) bond motifs is 1. The molecular weight excluding hydrogens is 209 g/mol. The van der Waals surface area contributed by atoms with E-state index in [1.165, 1.54) is 29.1 Å². The Morgan fingerprint density at radius 1 is 1.50 bits per heavy atom. The minimum absolute atomic E-state index is 0.244. The summed E-state index contributed by atoms with van der Waals surface area (Å²) < 4.78 is 14.2. The van der Waals surface area contributed by atoms with Crippen molar-refractivity contribution in [3.63, 3.8) is 0 Å². The van der Waals surface area contributed by atoms with E-state index in [0.717, 1.165) is 0 Å². The number of halogens is 1. The first kappa shape index (κ1) is 10.3. The third-order valence-corrected chi connectivity index (χ3v) is 2.25. The first-order valence-corrected chi connectivity index (χ1v) is 4.74. The Kier molecular flexibility index (Phi) is 2.64. The van der Waals surface area contributed by atoms with Gasteiger partial charge in [-0.25, -0.2) is 9.37 Å². The molecular formula is C11H8FN3O. The van der Waals surface area contributed by atoms with Crippen LogP contribution in [0.2, 0.25) is 0 Å². The van der Waals surface area contributed by atoms with Gasteiger partial charge in [-0.05, 0) is 12.1 Å². The summed E-state index contributed by atoms with van der Waals surface area (Å²) >= 11 is 0. The molecule has 0 bridgehead atoms. The molecule has 0 saturated heterocycles. The van der Waals surface area contributed by atoms with Crippen molar-refractivity contribution in [2.75, 3.05) is 0 Å². The highest BCUT2D eigenvalue weighted by atomic mass is 19.1. The third kappa shape index (κ3) is 1.77. The zero-order chi connectivity index (χ0) is 11.5. The second-order valence-corrected chi connectivity index (χ2v) is 3.31. The summed E-state index contributed by atoms with van der Waals surface area (Å²) in [4.78, 5) is 15.8. The molecule has 0 aliphatic rings. The number of aromatic nitrogens is 2. The van der Waals surface area contributed by atoms with Gasteiger partial charge in [0.15, 0.2) is 0 Å². The monoisotopic (exact) mass is 217 g/mol. The zero-order valence-electron chi connectivity index (χ0n) is 8.35. The van der Waals surface area contributed by atoms with E-state index in [9.17, 15) is 9.18 Å². The van der Waals surface area contributed by atoms with Gasteiger partial charge < -0.3 is 0 Å². The van der Waals surface area contributed by atoms with Gasteiger partial charge in [0.05, 0.1) is 29.7 Å². The molecule has 80 valence electrons. The van der Waals surface area contributed by atoms with E-state index in [4.69, 9.17) is 5.26 Å². The molecule has 0 N–H and O–H groups in total. The molecule has 1 heterocycles. The van der Waals surface area contributed by atoms with Crippen molar-refractivity contribution in [1.29, 1.82) is 5.26 Å². The Morgan fingerprint density at radius 3 is 3.06 bits per heavy atom. The van der Waals surface area contributed by atoms with Crippen molar-refractivity contribution in [3.05, 3.63) is 40.7 Å². The van der Waals surface area contributed by atoms with Crippen LogP contribution in [0.5, 0.6) is 0 Å². The first-order valence-electron chi connectivity index (χ1n) is 4.74. The minimum Gasteiger partial charge on any atom is -0.298 e. The number of aryl methyl sites for hydroxylation is 1. The standard InChI is InChI=1S/C11H8FN3O/c12-8-2-3-9-10(6-8)14-7-15(11(9)16)5-1-4-13/h2-3,6-7H,1,5H2. The maximum absolute atomic E-state index is 12.9. The fourth-order valence-corrected chi connectivity index (χ4v) is 1.46. The van der Waals surface area contributed by atoms with Crippen molar-refractivity contribution in [3.8, 4) is 6.07 Å². The molecule has 0 atom stereocenters. The lowest BCUT2D eigenvalue weighted by atomic mass is 10.2. The topological polar surface area (TPSA) is 58.7 Å². The van der Waals surface area contributed by atoms with Crippen molar-refractivity contribution >= 4 is 10.9 Å². The lowest BCUT2D eigenvalue weighted by Gasteiger charge is -2.03. The molecule has 0 amide bonds. The molecule has 0 aliphatic heterocycles. The summed E-state index contributed by atoms with van der Waals surface area (Å²) in [7, 11) is 0. The Balaban J connectivity index is 2.58. The van der Waals surface area contributed by atoms with Crippen LogP contribution < -0.4 is 5.56 Å². The van der Waals surface area contributed by atoms with Crippen LogP contribution in [0.4, 0.5) is 4.39 Å². The maximum atomic E-state index is 12.9. The number of rotatable bonds is 2. The maximum Gasteiger partial charge on any atom is 0.261 e. The number of benzene rings is 1. The Hall–Kier alpha value is -2.22. The predicted molar refractivity (Wildman–Crippen MR) is 56.2 cm³/mol. The highest BCUT2D eigenvalue weighted by molar-refractivity contribution is 5.77. The van der Waals surface area contributed by atoms with Gasteiger partial charge in [0, 0.05) is 12.6 Å². The van der Waals surface area contributed by atoms with Gasteiger partial charge in [-0.3, -0.25) is 9.36 Å². The quantitative estimate of drug-likeness (QED) is 0.764. The Labute approximate surface area is 90.6 Å². The summed E-state index contributed by atoms with van der Waals surface area (Å²) in [6.45, 7) is 0.301. The molecule has 4 nitrogen and oxygen atoms in total. The van der Waals surface area contributed by atoms with Gasteiger partial charge in [-0.1, -0.05) is 0 Å². The van der Waals surface area contributed by atoms with Gasteiger partial charge in [-0.2, -0.15) is 5.26 Å². The highest BCUT2D eigenvalue weighted by Gasteiger charge is 2.04. The lowest BCUT2D eigenvalue weighted by Crippen LogP contribution is -2.20. The van der Waals surface area contributed by atoms with Gasteiger partial charge in [-0.15, -0.1) is 0 Å². The van der Waals surface area contributed by atoms with E-state index in [1.807, 2.05) is 6.07 Å². The van der Waals surface area contributed by atoms with Gasteiger partial charge in [0.2, 0.25) is 0 Å². The molecule has 0 radical (unpaired) electrons. The molecule has 0 fully saturated rings. The summed E-state index contributed by atoms with van der Waals surface area (Å²) in [6.07, 6.45) is 1.58.